The second-order valence-electron chi connectivity index (χ2n) is 4.64. The second-order valence-corrected chi connectivity index (χ2v) is 4.64. The highest BCUT2D eigenvalue weighted by molar-refractivity contribution is 6.05. The van der Waals surface area contributed by atoms with E-state index in [0.29, 0.717) is 18.7 Å². The van der Waals surface area contributed by atoms with Gasteiger partial charge in [-0.05, 0) is 0 Å². The summed E-state index contributed by atoms with van der Waals surface area (Å²) in [7, 11) is 0. The van der Waals surface area contributed by atoms with Crippen LogP contribution in [0.15, 0.2) is 30.3 Å². The zero-order valence-corrected chi connectivity index (χ0v) is 11.4. The molecule has 1 fully saturated rings. The SMILES string of the molecule is O=C(CC(=O)c1ccccc1)OCCN1CCOCC1. The molecule has 0 spiro atoms. The van der Waals surface area contributed by atoms with E-state index in [0.717, 1.165) is 26.3 Å². The van der Waals surface area contributed by atoms with Crippen molar-refractivity contribution in [3.8, 4) is 0 Å². The van der Waals surface area contributed by atoms with Crippen LogP contribution < -0.4 is 0 Å². The number of morpholine rings is 1. The fraction of sp³-hybridized carbons (Fsp3) is 0.467. The Balaban J connectivity index is 1.66. The van der Waals surface area contributed by atoms with Crippen molar-refractivity contribution in [1.29, 1.82) is 0 Å². The number of ketones is 1. The molecule has 0 saturated carbocycles. The number of nitrogens with zero attached hydrogens (tertiary/aromatic N) is 1. The third kappa shape index (κ3) is 4.75. The molecule has 1 aromatic carbocycles. The highest BCUT2D eigenvalue weighted by Gasteiger charge is 2.14. The fourth-order valence-electron chi connectivity index (χ4n) is 2.02. The Morgan fingerprint density at radius 1 is 1.15 bits per heavy atom. The molecule has 1 aliphatic heterocycles. The molecule has 5 nitrogen and oxygen atoms in total. The summed E-state index contributed by atoms with van der Waals surface area (Å²) in [6.07, 6.45) is -0.201. The van der Waals surface area contributed by atoms with Gasteiger partial charge in [-0.1, -0.05) is 30.3 Å². The Hall–Kier alpha value is -1.72. The summed E-state index contributed by atoms with van der Waals surface area (Å²) in [5.41, 5.74) is 0.539. The number of Topliss-reactive ketones (excluding diaryl/α,β-unsaturated/α-hetero) is 1. The van der Waals surface area contributed by atoms with Crippen molar-refractivity contribution >= 4 is 11.8 Å². The maximum atomic E-state index is 11.8. The van der Waals surface area contributed by atoms with E-state index in [-0.39, 0.29) is 12.2 Å². The molecule has 0 bridgehead atoms. The Bertz CT molecular complexity index is 440. The molecule has 0 unspecified atom stereocenters. The van der Waals surface area contributed by atoms with E-state index in [1.165, 1.54) is 0 Å². The number of hydrogen-bond acceptors (Lipinski definition) is 5. The first-order chi connectivity index (χ1) is 9.75. The van der Waals surface area contributed by atoms with E-state index >= 15 is 0 Å². The van der Waals surface area contributed by atoms with Gasteiger partial charge in [-0.15, -0.1) is 0 Å². The Kier molecular flexibility index (Phi) is 5.70. The molecular formula is C15H19NO4. The summed E-state index contributed by atoms with van der Waals surface area (Å²) in [5, 5.41) is 0. The highest BCUT2D eigenvalue weighted by atomic mass is 16.5. The van der Waals surface area contributed by atoms with Crippen LogP contribution in [0, 0.1) is 0 Å². The van der Waals surface area contributed by atoms with Gasteiger partial charge in [0.05, 0.1) is 13.2 Å². The lowest BCUT2D eigenvalue weighted by Gasteiger charge is -2.26. The molecule has 0 aliphatic carbocycles. The van der Waals surface area contributed by atoms with Crippen molar-refractivity contribution in [1.82, 2.24) is 4.90 Å². The van der Waals surface area contributed by atoms with Crippen molar-refractivity contribution in [2.24, 2.45) is 0 Å². The van der Waals surface area contributed by atoms with Gasteiger partial charge in [0.15, 0.2) is 5.78 Å². The van der Waals surface area contributed by atoms with Crippen LogP contribution in [0.4, 0.5) is 0 Å². The van der Waals surface area contributed by atoms with Crippen LogP contribution in [0.5, 0.6) is 0 Å². The largest absolute Gasteiger partial charge is 0.464 e. The molecule has 2 rings (SSSR count). The first-order valence-corrected chi connectivity index (χ1v) is 6.79. The van der Waals surface area contributed by atoms with Gasteiger partial charge in [0.25, 0.3) is 0 Å². The van der Waals surface area contributed by atoms with E-state index in [1.807, 2.05) is 6.07 Å². The zero-order chi connectivity index (χ0) is 14.2. The van der Waals surface area contributed by atoms with Crippen molar-refractivity contribution < 1.29 is 19.1 Å². The van der Waals surface area contributed by atoms with Crippen LogP contribution in [0.25, 0.3) is 0 Å². The lowest BCUT2D eigenvalue weighted by Crippen LogP contribution is -2.38. The quantitative estimate of drug-likeness (QED) is 0.443. The molecule has 1 aliphatic rings. The van der Waals surface area contributed by atoms with Crippen molar-refractivity contribution in [2.75, 3.05) is 39.5 Å². The zero-order valence-electron chi connectivity index (χ0n) is 11.4. The molecule has 20 heavy (non-hydrogen) atoms. The van der Waals surface area contributed by atoms with Crippen molar-refractivity contribution in [2.45, 2.75) is 6.42 Å². The summed E-state index contributed by atoms with van der Waals surface area (Å²) in [6.45, 7) is 4.18. The van der Waals surface area contributed by atoms with Crippen LogP contribution in [0.1, 0.15) is 16.8 Å². The van der Waals surface area contributed by atoms with E-state index in [1.54, 1.807) is 24.3 Å². The molecular weight excluding hydrogens is 258 g/mol. The minimum atomic E-state index is -0.466. The molecule has 5 heteroatoms. The van der Waals surface area contributed by atoms with Crippen LogP contribution in [-0.2, 0) is 14.3 Å². The van der Waals surface area contributed by atoms with Gasteiger partial charge in [0.2, 0.25) is 0 Å². The van der Waals surface area contributed by atoms with Gasteiger partial charge in [-0.2, -0.15) is 0 Å². The smallest absolute Gasteiger partial charge is 0.313 e. The summed E-state index contributed by atoms with van der Waals surface area (Å²) in [5.74, 6) is -0.672. The first-order valence-electron chi connectivity index (χ1n) is 6.79. The summed E-state index contributed by atoms with van der Waals surface area (Å²) in [6, 6.07) is 8.78. The lowest BCUT2D eigenvalue weighted by atomic mass is 10.1. The number of benzene rings is 1. The van der Waals surface area contributed by atoms with E-state index in [4.69, 9.17) is 9.47 Å². The number of esters is 1. The first kappa shape index (κ1) is 14.7. The van der Waals surface area contributed by atoms with Gasteiger partial charge in [0.1, 0.15) is 13.0 Å². The van der Waals surface area contributed by atoms with Gasteiger partial charge in [-0.25, -0.2) is 0 Å². The van der Waals surface area contributed by atoms with Crippen molar-refractivity contribution in [3.63, 3.8) is 0 Å². The fourth-order valence-corrected chi connectivity index (χ4v) is 2.02. The average Bonchev–Trinajstić information content (AvgIpc) is 2.49. The van der Waals surface area contributed by atoms with Crippen LogP contribution in [-0.4, -0.2) is 56.1 Å². The normalized spacial score (nSPS) is 15.8. The summed E-state index contributed by atoms with van der Waals surface area (Å²) < 4.78 is 10.3. The van der Waals surface area contributed by atoms with E-state index < -0.39 is 5.97 Å². The van der Waals surface area contributed by atoms with Crippen molar-refractivity contribution in [3.05, 3.63) is 35.9 Å². The summed E-state index contributed by atoms with van der Waals surface area (Å²) >= 11 is 0. The molecule has 1 heterocycles. The number of ether oxygens (including phenoxy) is 2. The Morgan fingerprint density at radius 3 is 2.55 bits per heavy atom. The van der Waals surface area contributed by atoms with Crippen LogP contribution >= 0.6 is 0 Å². The van der Waals surface area contributed by atoms with Gasteiger partial charge in [-0.3, -0.25) is 14.5 Å². The minimum absolute atomic E-state index is 0.201. The van der Waals surface area contributed by atoms with Crippen LogP contribution in [0.2, 0.25) is 0 Å². The Morgan fingerprint density at radius 2 is 1.85 bits per heavy atom. The molecule has 0 N–H and O–H groups in total. The summed E-state index contributed by atoms with van der Waals surface area (Å²) in [4.78, 5) is 25.6. The predicted molar refractivity (Wildman–Crippen MR) is 73.6 cm³/mol. The maximum Gasteiger partial charge on any atom is 0.313 e. The second kappa shape index (κ2) is 7.77. The third-order valence-electron chi connectivity index (χ3n) is 3.17. The third-order valence-corrected chi connectivity index (χ3v) is 3.17. The van der Waals surface area contributed by atoms with E-state index in [9.17, 15) is 9.59 Å². The molecule has 108 valence electrons. The number of rotatable bonds is 6. The monoisotopic (exact) mass is 277 g/mol. The standard InChI is InChI=1S/C15H19NO4/c17-14(13-4-2-1-3-5-13)12-15(18)20-11-8-16-6-9-19-10-7-16/h1-5H,6-12H2. The molecule has 1 saturated heterocycles. The number of hydrogen-bond donors (Lipinski definition) is 0. The molecule has 0 amide bonds. The number of carbonyl (C=O) groups excluding carboxylic acids is 2. The lowest BCUT2D eigenvalue weighted by molar-refractivity contribution is -0.143. The molecule has 0 aromatic heterocycles. The Labute approximate surface area is 118 Å². The molecule has 1 aromatic rings. The van der Waals surface area contributed by atoms with Gasteiger partial charge >= 0.3 is 5.97 Å². The van der Waals surface area contributed by atoms with Gasteiger partial charge < -0.3 is 9.47 Å². The molecule has 0 radical (unpaired) electrons. The van der Waals surface area contributed by atoms with E-state index in [2.05, 4.69) is 4.90 Å². The predicted octanol–water partition coefficient (Wildman–Crippen LogP) is 1.13. The topological polar surface area (TPSA) is 55.8 Å². The minimum Gasteiger partial charge on any atom is -0.464 e. The number of carbonyl (C=O) groups is 2. The molecule has 0 atom stereocenters. The van der Waals surface area contributed by atoms with Crippen LogP contribution in [0.3, 0.4) is 0 Å². The average molecular weight is 277 g/mol. The highest BCUT2D eigenvalue weighted by Crippen LogP contribution is 2.04. The van der Waals surface area contributed by atoms with Gasteiger partial charge in [0, 0.05) is 25.2 Å². The maximum absolute atomic E-state index is 11.8.